The van der Waals surface area contributed by atoms with Gasteiger partial charge in [-0.3, -0.25) is 9.59 Å². The van der Waals surface area contributed by atoms with Crippen LogP contribution in [0.3, 0.4) is 0 Å². The van der Waals surface area contributed by atoms with E-state index in [0.717, 1.165) is 12.8 Å². The van der Waals surface area contributed by atoms with Crippen molar-refractivity contribution in [1.29, 1.82) is 0 Å². The Morgan fingerprint density at radius 2 is 2.10 bits per heavy atom. The number of hydrogen-bond acceptors (Lipinski definition) is 4. The van der Waals surface area contributed by atoms with Gasteiger partial charge in [-0.15, -0.1) is 0 Å². The van der Waals surface area contributed by atoms with E-state index in [1.165, 1.54) is 0 Å². The Morgan fingerprint density at radius 1 is 1.38 bits per heavy atom. The summed E-state index contributed by atoms with van der Waals surface area (Å²) in [5, 5.41) is 28.1. The second-order valence-corrected chi connectivity index (χ2v) is 5.78. The quantitative estimate of drug-likeness (QED) is 0.446. The minimum Gasteiger partial charge on any atom is -0.481 e. The molecule has 1 rings (SSSR count). The molecule has 21 heavy (non-hydrogen) atoms. The summed E-state index contributed by atoms with van der Waals surface area (Å²) in [4.78, 5) is 22.4. The summed E-state index contributed by atoms with van der Waals surface area (Å²) >= 11 is 0. The van der Waals surface area contributed by atoms with E-state index in [2.05, 4.69) is 0 Å². The Morgan fingerprint density at radius 3 is 2.71 bits per heavy atom. The first-order chi connectivity index (χ1) is 9.95. The molecule has 4 unspecified atom stereocenters. The summed E-state index contributed by atoms with van der Waals surface area (Å²) in [6.07, 6.45) is 6.02. The molecule has 1 saturated carbocycles. The first-order valence-electron chi connectivity index (χ1n) is 7.74. The number of aliphatic hydroxyl groups is 2. The zero-order valence-electron chi connectivity index (χ0n) is 12.6. The van der Waals surface area contributed by atoms with Gasteiger partial charge < -0.3 is 15.3 Å². The van der Waals surface area contributed by atoms with Gasteiger partial charge >= 0.3 is 5.97 Å². The van der Waals surface area contributed by atoms with Gasteiger partial charge in [-0.1, -0.05) is 31.9 Å². The number of Topliss-reactive ketones (excluding diaryl/α,β-unsaturated/α-hetero) is 1. The van der Waals surface area contributed by atoms with Crippen molar-refractivity contribution in [2.75, 3.05) is 0 Å². The van der Waals surface area contributed by atoms with Crippen molar-refractivity contribution in [3.05, 3.63) is 12.2 Å². The Bertz CT molecular complexity index is 377. The van der Waals surface area contributed by atoms with Gasteiger partial charge in [-0.05, 0) is 19.3 Å². The summed E-state index contributed by atoms with van der Waals surface area (Å²) in [6.45, 7) is 1.87. The zero-order chi connectivity index (χ0) is 15.8. The maximum absolute atomic E-state index is 11.9. The SMILES string of the molecule is CCC(O)C=CC1C(O)CC(=O)C1CCCCCC(=O)O. The van der Waals surface area contributed by atoms with Gasteiger partial charge in [-0.2, -0.15) is 0 Å². The van der Waals surface area contributed by atoms with E-state index >= 15 is 0 Å². The molecule has 0 bridgehead atoms. The van der Waals surface area contributed by atoms with E-state index in [1.54, 1.807) is 12.2 Å². The van der Waals surface area contributed by atoms with Crippen LogP contribution in [0.1, 0.15) is 51.9 Å². The van der Waals surface area contributed by atoms with Crippen molar-refractivity contribution in [2.45, 2.75) is 64.1 Å². The molecule has 0 aliphatic heterocycles. The molecule has 120 valence electrons. The number of carboxylic acids is 1. The molecule has 0 heterocycles. The summed E-state index contributed by atoms with van der Waals surface area (Å²) < 4.78 is 0. The lowest BCUT2D eigenvalue weighted by atomic mass is 9.88. The van der Waals surface area contributed by atoms with E-state index in [-0.39, 0.29) is 30.5 Å². The van der Waals surface area contributed by atoms with Crippen molar-refractivity contribution in [3.63, 3.8) is 0 Å². The van der Waals surface area contributed by atoms with Crippen LogP contribution < -0.4 is 0 Å². The van der Waals surface area contributed by atoms with Crippen molar-refractivity contribution < 1.29 is 24.9 Å². The van der Waals surface area contributed by atoms with Crippen LogP contribution in [-0.2, 0) is 9.59 Å². The number of aliphatic hydroxyl groups excluding tert-OH is 2. The molecule has 0 aromatic heterocycles. The maximum Gasteiger partial charge on any atom is 0.303 e. The van der Waals surface area contributed by atoms with Crippen molar-refractivity contribution in [2.24, 2.45) is 11.8 Å². The van der Waals surface area contributed by atoms with Crippen LogP contribution in [0.4, 0.5) is 0 Å². The number of aliphatic carboxylic acids is 1. The number of rotatable bonds is 9. The van der Waals surface area contributed by atoms with E-state index in [9.17, 15) is 19.8 Å². The normalized spacial score (nSPS) is 27.4. The van der Waals surface area contributed by atoms with E-state index in [4.69, 9.17) is 5.11 Å². The van der Waals surface area contributed by atoms with E-state index in [0.29, 0.717) is 19.3 Å². The third kappa shape index (κ3) is 5.98. The van der Waals surface area contributed by atoms with Crippen LogP contribution in [0.2, 0.25) is 0 Å². The third-order valence-corrected chi connectivity index (χ3v) is 4.11. The molecular formula is C16H26O5. The van der Waals surface area contributed by atoms with Crippen LogP contribution in [0.5, 0.6) is 0 Å². The fourth-order valence-corrected chi connectivity index (χ4v) is 2.80. The highest BCUT2D eigenvalue weighted by molar-refractivity contribution is 5.84. The third-order valence-electron chi connectivity index (χ3n) is 4.11. The van der Waals surface area contributed by atoms with Crippen LogP contribution in [0.25, 0.3) is 0 Å². The monoisotopic (exact) mass is 298 g/mol. The average Bonchev–Trinajstić information content (AvgIpc) is 2.69. The highest BCUT2D eigenvalue weighted by atomic mass is 16.4. The Labute approximate surface area is 125 Å². The number of carbonyl (C=O) groups excluding carboxylic acids is 1. The van der Waals surface area contributed by atoms with Gasteiger partial charge in [0.05, 0.1) is 12.2 Å². The average molecular weight is 298 g/mol. The van der Waals surface area contributed by atoms with Crippen LogP contribution in [0.15, 0.2) is 12.2 Å². The molecule has 5 heteroatoms. The number of ketones is 1. The highest BCUT2D eigenvalue weighted by Gasteiger charge is 2.39. The smallest absolute Gasteiger partial charge is 0.303 e. The Hall–Kier alpha value is -1.20. The predicted octanol–water partition coefficient (Wildman–Crippen LogP) is 1.91. The molecule has 5 nitrogen and oxygen atoms in total. The lowest BCUT2D eigenvalue weighted by Gasteiger charge is -2.17. The van der Waals surface area contributed by atoms with Crippen molar-refractivity contribution >= 4 is 11.8 Å². The van der Waals surface area contributed by atoms with Gasteiger partial charge in [0.25, 0.3) is 0 Å². The molecule has 0 spiro atoms. The van der Waals surface area contributed by atoms with Crippen molar-refractivity contribution in [1.82, 2.24) is 0 Å². The minimum atomic E-state index is -0.795. The van der Waals surface area contributed by atoms with E-state index < -0.39 is 18.2 Å². The Kier molecular flexibility index (Phi) is 7.61. The van der Waals surface area contributed by atoms with Gasteiger partial charge in [0.1, 0.15) is 5.78 Å². The number of carbonyl (C=O) groups is 2. The summed E-state index contributed by atoms with van der Waals surface area (Å²) in [5.74, 6) is -1.15. The molecule has 1 aliphatic carbocycles. The molecule has 4 atom stereocenters. The standard InChI is InChI=1S/C16H26O5/c1-2-11(17)8-9-13-12(14(18)10-15(13)19)6-4-3-5-7-16(20)21/h8-9,11-13,15,17,19H,2-7,10H2,1H3,(H,20,21). The lowest BCUT2D eigenvalue weighted by Crippen LogP contribution is -2.19. The van der Waals surface area contributed by atoms with Gasteiger partial charge in [0.2, 0.25) is 0 Å². The summed E-state index contributed by atoms with van der Waals surface area (Å²) in [6, 6.07) is 0. The Balaban J connectivity index is 2.46. The summed E-state index contributed by atoms with van der Waals surface area (Å²) in [7, 11) is 0. The van der Waals surface area contributed by atoms with Crippen LogP contribution in [-0.4, -0.2) is 39.3 Å². The summed E-state index contributed by atoms with van der Waals surface area (Å²) in [5.41, 5.74) is 0. The van der Waals surface area contributed by atoms with Gasteiger partial charge in [0, 0.05) is 24.7 Å². The van der Waals surface area contributed by atoms with Gasteiger partial charge in [-0.25, -0.2) is 0 Å². The molecule has 0 aromatic carbocycles. The molecule has 0 radical (unpaired) electrons. The second-order valence-electron chi connectivity index (χ2n) is 5.78. The zero-order valence-corrected chi connectivity index (χ0v) is 12.6. The van der Waals surface area contributed by atoms with E-state index in [1.807, 2.05) is 6.92 Å². The number of carboxylic acid groups (broad SMARTS) is 1. The molecule has 0 aromatic rings. The van der Waals surface area contributed by atoms with Crippen LogP contribution >= 0.6 is 0 Å². The maximum atomic E-state index is 11.9. The van der Waals surface area contributed by atoms with Gasteiger partial charge in [0.15, 0.2) is 0 Å². The topological polar surface area (TPSA) is 94.8 Å². The fourth-order valence-electron chi connectivity index (χ4n) is 2.80. The highest BCUT2D eigenvalue weighted by Crippen LogP contribution is 2.34. The fraction of sp³-hybridized carbons (Fsp3) is 0.750. The molecule has 3 N–H and O–H groups in total. The number of hydrogen-bond donors (Lipinski definition) is 3. The molecule has 1 fully saturated rings. The van der Waals surface area contributed by atoms with Crippen molar-refractivity contribution in [3.8, 4) is 0 Å². The van der Waals surface area contributed by atoms with Crippen LogP contribution in [0, 0.1) is 11.8 Å². The minimum absolute atomic E-state index is 0.0707. The lowest BCUT2D eigenvalue weighted by molar-refractivity contribution is -0.137. The first-order valence-corrected chi connectivity index (χ1v) is 7.74. The number of unbranched alkanes of at least 4 members (excludes halogenated alkanes) is 2. The molecule has 1 aliphatic rings. The molecule has 0 amide bonds. The largest absolute Gasteiger partial charge is 0.481 e. The second kappa shape index (κ2) is 8.95. The molecule has 0 saturated heterocycles. The molecular weight excluding hydrogens is 272 g/mol. The predicted molar refractivity (Wildman–Crippen MR) is 78.8 cm³/mol. The first kappa shape index (κ1) is 17.9.